The zero-order valence-corrected chi connectivity index (χ0v) is 11.9. The first-order valence-electron chi connectivity index (χ1n) is 5.97. The molecule has 0 saturated carbocycles. The zero-order valence-electron chi connectivity index (χ0n) is 10.3. The van der Waals surface area contributed by atoms with Crippen molar-refractivity contribution in [2.24, 2.45) is 0 Å². The number of thioether (sulfide) groups is 1. The monoisotopic (exact) mass is 291 g/mol. The predicted octanol–water partition coefficient (Wildman–Crippen LogP) is 4.46. The van der Waals surface area contributed by atoms with E-state index in [1.165, 1.54) is 0 Å². The van der Waals surface area contributed by atoms with Crippen molar-refractivity contribution < 1.29 is 4.79 Å². The number of hydrogen-bond acceptors (Lipinski definition) is 2. The molecule has 2 rings (SSSR count). The lowest BCUT2D eigenvalue weighted by atomic mass is 10.3. The molecule has 0 bridgehead atoms. The minimum atomic E-state index is 0.0285. The molecule has 2 aromatic carbocycles. The molecule has 98 valence electrons. The summed E-state index contributed by atoms with van der Waals surface area (Å²) in [5.41, 5.74) is 0.834. The molecule has 4 heteroatoms. The zero-order chi connectivity index (χ0) is 13.5. The Morgan fingerprint density at radius 2 is 1.89 bits per heavy atom. The molecule has 0 unspecified atom stereocenters. The Labute approximate surface area is 122 Å². The van der Waals surface area contributed by atoms with Crippen LogP contribution in [0, 0.1) is 0 Å². The summed E-state index contributed by atoms with van der Waals surface area (Å²) in [5, 5.41) is 3.58. The quantitative estimate of drug-likeness (QED) is 0.824. The van der Waals surface area contributed by atoms with Gasteiger partial charge in [-0.2, -0.15) is 0 Å². The summed E-state index contributed by atoms with van der Waals surface area (Å²) in [6.45, 7) is 0. The van der Waals surface area contributed by atoms with Crippen molar-refractivity contribution in [3.8, 4) is 0 Å². The molecular formula is C15H14ClNOS. The van der Waals surface area contributed by atoms with E-state index >= 15 is 0 Å². The molecular weight excluding hydrogens is 278 g/mol. The van der Waals surface area contributed by atoms with E-state index in [4.69, 9.17) is 11.6 Å². The third-order valence-electron chi connectivity index (χ3n) is 2.45. The molecule has 2 aromatic rings. The van der Waals surface area contributed by atoms with Crippen molar-refractivity contribution in [2.45, 2.75) is 11.3 Å². The van der Waals surface area contributed by atoms with Gasteiger partial charge in [-0.15, -0.1) is 11.8 Å². The van der Waals surface area contributed by atoms with E-state index in [1.807, 2.05) is 54.6 Å². The standard InChI is InChI=1S/C15H14ClNOS/c16-12-5-4-8-14(11-12)19-10-9-15(18)17-13-6-2-1-3-7-13/h1-8,11H,9-10H2,(H,17,18). The van der Waals surface area contributed by atoms with E-state index in [1.54, 1.807) is 11.8 Å². The summed E-state index contributed by atoms with van der Waals surface area (Å²) in [7, 11) is 0. The maximum atomic E-state index is 11.7. The van der Waals surface area contributed by atoms with Crippen LogP contribution in [-0.2, 0) is 4.79 Å². The van der Waals surface area contributed by atoms with Crippen LogP contribution in [0.2, 0.25) is 5.02 Å². The normalized spacial score (nSPS) is 10.2. The molecule has 0 spiro atoms. The smallest absolute Gasteiger partial charge is 0.225 e. The van der Waals surface area contributed by atoms with Crippen molar-refractivity contribution in [2.75, 3.05) is 11.1 Å². The average molecular weight is 292 g/mol. The Morgan fingerprint density at radius 3 is 2.63 bits per heavy atom. The lowest BCUT2D eigenvalue weighted by Gasteiger charge is -2.05. The van der Waals surface area contributed by atoms with Gasteiger partial charge in [-0.3, -0.25) is 4.79 Å². The Hall–Kier alpha value is -1.45. The van der Waals surface area contributed by atoms with Crippen LogP contribution >= 0.6 is 23.4 Å². The second kappa shape index (κ2) is 7.22. The number of benzene rings is 2. The Balaban J connectivity index is 1.75. The number of para-hydroxylation sites is 1. The molecule has 19 heavy (non-hydrogen) atoms. The first-order chi connectivity index (χ1) is 9.24. The second-order valence-electron chi connectivity index (χ2n) is 3.97. The Bertz CT molecular complexity index is 545. The van der Waals surface area contributed by atoms with Crippen molar-refractivity contribution in [3.05, 3.63) is 59.6 Å². The molecule has 0 heterocycles. The number of carbonyl (C=O) groups is 1. The number of amides is 1. The van der Waals surface area contributed by atoms with Gasteiger partial charge in [0.1, 0.15) is 0 Å². The lowest BCUT2D eigenvalue weighted by molar-refractivity contribution is -0.115. The molecule has 0 aromatic heterocycles. The van der Waals surface area contributed by atoms with Crippen LogP contribution in [0.5, 0.6) is 0 Å². The highest BCUT2D eigenvalue weighted by Crippen LogP contribution is 2.22. The summed E-state index contributed by atoms with van der Waals surface area (Å²) < 4.78 is 0. The summed E-state index contributed by atoms with van der Waals surface area (Å²) in [6.07, 6.45) is 0.478. The van der Waals surface area contributed by atoms with Crippen molar-refractivity contribution in [3.63, 3.8) is 0 Å². The van der Waals surface area contributed by atoms with Gasteiger partial charge in [0.2, 0.25) is 5.91 Å². The van der Waals surface area contributed by atoms with Crippen molar-refractivity contribution in [1.29, 1.82) is 0 Å². The van der Waals surface area contributed by atoms with Gasteiger partial charge in [-0.25, -0.2) is 0 Å². The minimum Gasteiger partial charge on any atom is -0.326 e. The van der Waals surface area contributed by atoms with Gasteiger partial charge in [0.05, 0.1) is 0 Å². The highest BCUT2D eigenvalue weighted by atomic mass is 35.5. The summed E-state index contributed by atoms with van der Waals surface area (Å²) in [6, 6.07) is 17.1. The van der Waals surface area contributed by atoms with Crippen LogP contribution in [0.15, 0.2) is 59.5 Å². The van der Waals surface area contributed by atoms with Crippen LogP contribution in [-0.4, -0.2) is 11.7 Å². The van der Waals surface area contributed by atoms with Gasteiger partial charge in [-0.1, -0.05) is 35.9 Å². The van der Waals surface area contributed by atoms with Crippen LogP contribution < -0.4 is 5.32 Å². The summed E-state index contributed by atoms with van der Waals surface area (Å²) >= 11 is 7.53. The van der Waals surface area contributed by atoms with Gasteiger partial charge in [-0.05, 0) is 30.3 Å². The van der Waals surface area contributed by atoms with Gasteiger partial charge in [0.15, 0.2) is 0 Å². The average Bonchev–Trinajstić information content (AvgIpc) is 2.40. The fraction of sp³-hybridized carbons (Fsp3) is 0.133. The van der Waals surface area contributed by atoms with Crippen LogP contribution in [0.3, 0.4) is 0 Å². The number of hydrogen-bond donors (Lipinski definition) is 1. The molecule has 0 aliphatic rings. The fourth-order valence-corrected chi connectivity index (χ4v) is 2.73. The highest BCUT2D eigenvalue weighted by molar-refractivity contribution is 7.99. The third-order valence-corrected chi connectivity index (χ3v) is 3.68. The maximum absolute atomic E-state index is 11.7. The molecule has 1 amide bonds. The van der Waals surface area contributed by atoms with Crippen LogP contribution in [0.4, 0.5) is 5.69 Å². The van der Waals surface area contributed by atoms with E-state index in [2.05, 4.69) is 5.32 Å². The van der Waals surface area contributed by atoms with E-state index in [0.29, 0.717) is 6.42 Å². The first kappa shape index (κ1) is 14.0. The van der Waals surface area contributed by atoms with E-state index in [9.17, 15) is 4.79 Å². The SMILES string of the molecule is O=C(CCSc1cccc(Cl)c1)Nc1ccccc1. The molecule has 0 saturated heterocycles. The van der Waals surface area contributed by atoms with E-state index in [-0.39, 0.29) is 5.91 Å². The summed E-state index contributed by atoms with van der Waals surface area (Å²) in [5.74, 6) is 0.764. The van der Waals surface area contributed by atoms with Gasteiger partial charge in [0, 0.05) is 27.8 Å². The van der Waals surface area contributed by atoms with Gasteiger partial charge < -0.3 is 5.32 Å². The largest absolute Gasteiger partial charge is 0.326 e. The van der Waals surface area contributed by atoms with Crippen LogP contribution in [0.1, 0.15) is 6.42 Å². The molecule has 1 N–H and O–H groups in total. The van der Waals surface area contributed by atoms with E-state index in [0.717, 1.165) is 21.4 Å². The number of halogens is 1. The number of carbonyl (C=O) groups excluding carboxylic acids is 1. The molecule has 0 atom stereocenters. The molecule has 0 radical (unpaired) electrons. The van der Waals surface area contributed by atoms with Gasteiger partial charge in [0.25, 0.3) is 0 Å². The van der Waals surface area contributed by atoms with E-state index < -0.39 is 0 Å². The Morgan fingerprint density at radius 1 is 1.11 bits per heavy atom. The first-order valence-corrected chi connectivity index (χ1v) is 7.34. The number of anilines is 1. The molecule has 0 aliphatic heterocycles. The van der Waals surface area contributed by atoms with Crippen LogP contribution in [0.25, 0.3) is 0 Å². The second-order valence-corrected chi connectivity index (χ2v) is 5.57. The topological polar surface area (TPSA) is 29.1 Å². The molecule has 0 fully saturated rings. The lowest BCUT2D eigenvalue weighted by Crippen LogP contribution is -2.11. The third kappa shape index (κ3) is 4.97. The highest BCUT2D eigenvalue weighted by Gasteiger charge is 2.02. The predicted molar refractivity (Wildman–Crippen MR) is 81.9 cm³/mol. The van der Waals surface area contributed by atoms with Crippen molar-refractivity contribution in [1.82, 2.24) is 0 Å². The Kier molecular flexibility index (Phi) is 5.31. The fourth-order valence-electron chi connectivity index (χ4n) is 1.56. The minimum absolute atomic E-state index is 0.0285. The number of nitrogens with one attached hydrogen (secondary N) is 1. The van der Waals surface area contributed by atoms with Gasteiger partial charge >= 0.3 is 0 Å². The van der Waals surface area contributed by atoms with Crippen molar-refractivity contribution >= 4 is 35.0 Å². The maximum Gasteiger partial charge on any atom is 0.225 e. The summed E-state index contributed by atoms with van der Waals surface area (Å²) in [4.78, 5) is 12.8. The number of rotatable bonds is 5. The molecule has 0 aliphatic carbocycles. The molecule has 2 nitrogen and oxygen atoms in total.